The highest BCUT2D eigenvalue weighted by Gasteiger charge is 2.35. The highest BCUT2D eigenvalue weighted by molar-refractivity contribution is 5.40. The SMILES string of the molecule is COc1ccc(CN2CCCOC2)cc1C1CCN(C2CC[C@H]3CC[C@H](C2)C3)CC1. The van der Waals surface area contributed by atoms with Crippen molar-refractivity contribution in [3.05, 3.63) is 29.3 Å². The number of benzene rings is 1. The average molecular weight is 413 g/mol. The molecule has 4 nitrogen and oxygen atoms in total. The number of nitrogens with zero attached hydrogens (tertiary/aromatic N) is 2. The minimum Gasteiger partial charge on any atom is -0.496 e. The number of likely N-dealkylation sites (tertiary alicyclic amines) is 1. The van der Waals surface area contributed by atoms with Gasteiger partial charge in [-0.05, 0) is 93.0 Å². The third-order valence-corrected chi connectivity index (χ3v) is 8.39. The van der Waals surface area contributed by atoms with Crippen LogP contribution in [0.5, 0.6) is 5.75 Å². The maximum Gasteiger partial charge on any atom is 0.122 e. The molecule has 0 radical (unpaired) electrons. The summed E-state index contributed by atoms with van der Waals surface area (Å²) in [4.78, 5) is 5.26. The molecule has 0 N–H and O–H groups in total. The van der Waals surface area contributed by atoms with Gasteiger partial charge >= 0.3 is 0 Å². The predicted molar refractivity (Wildman–Crippen MR) is 121 cm³/mol. The average Bonchev–Trinajstić information content (AvgIpc) is 3.13. The molecular weight excluding hydrogens is 372 g/mol. The van der Waals surface area contributed by atoms with Crippen LogP contribution in [0.1, 0.15) is 74.8 Å². The summed E-state index contributed by atoms with van der Waals surface area (Å²) in [6.45, 7) is 6.33. The van der Waals surface area contributed by atoms with Crippen molar-refractivity contribution >= 4 is 0 Å². The Kier molecular flexibility index (Phi) is 6.64. The highest BCUT2D eigenvalue weighted by atomic mass is 16.5. The standard InChI is InChI=1S/C26H40N2O2/c1-29-26-8-6-22(18-27-11-2-14-30-19-27)17-25(26)23-9-12-28(13-10-23)24-7-5-20-3-4-21(15-20)16-24/h6,8,17,20-21,23-24H,2-5,7,9-16,18-19H2,1H3/t20-,21+,24?/m1/s1. The zero-order valence-electron chi connectivity index (χ0n) is 18.9. The van der Waals surface area contributed by atoms with Crippen molar-refractivity contribution in [3.8, 4) is 5.75 Å². The van der Waals surface area contributed by atoms with E-state index in [1.807, 2.05) is 7.11 Å². The Bertz CT molecular complexity index is 694. The van der Waals surface area contributed by atoms with Gasteiger partial charge in [0, 0.05) is 25.7 Å². The summed E-state index contributed by atoms with van der Waals surface area (Å²) in [6, 6.07) is 7.73. The first kappa shape index (κ1) is 20.8. The van der Waals surface area contributed by atoms with E-state index in [2.05, 4.69) is 28.0 Å². The van der Waals surface area contributed by atoms with Crippen molar-refractivity contribution in [1.82, 2.24) is 9.80 Å². The molecule has 0 spiro atoms. The van der Waals surface area contributed by atoms with Crippen LogP contribution in [-0.4, -0.2) is 55.9 Å². The van der Waals surface area contributed by atoms with Gasteiger partial charge in [0.2, 0.25) is 0 Å². The van der Waals surface area contributed by atoms with E-state index in [1.54, 1.807) is 0 Å². The predicted octanol–water partition coefficient (Wildman–Crippen LogP) is 5.02. The molecule has 2 heterocycles. The Balaban J connectivity index is 1.22. The summed E-state index contributed by atoms with van der Waals surface area (Å²) in [6.07, 6.45) is 12.6. The molecule has 4 fully saturated rings. The fourth-order valence-electron chi connectivity index (χ4n) is 6.73. The second-order valence-electron chi connectivity index (χ2n) is 10.3. The molecule has 0 amide bonds. The van der Waals surface area contributed by atoms with Crippen LogP contribution in [0, 0.1) is 11.8 Å². The molecule has 2 saturated heterocycles. The number of piperidine rings is 1. The fraction of sp³-hybridized carbons (Fsp3) is 0.769. The highest BCUT2D eigenvalue weighted by Crippen LogP contribution is 2.43. The third-order valence-electron chi connectivity index (χ3n) is 8.39. The fourth-order valence-corrected chi connectivity index (χ4v) is 6.73. The molecule has 1 unspecified atom stereocenters. The third kappa shape index (κ3) is 4.71. The van der Waals surface area contributed by atoms with Crippen LogP contribution in [0.3, 0.4) is 0 Å². The molecule has 166 valence electrons. The molecule has 3 atom stereocenters. The first-order chi connectivity index (χ1) is 14.8. The van der Waals surface area contributed by atoms with Gasteiger partial charge in [-0.25, -0.2) is 0 Å². The molecule has 1 aromatic carbocycles. The van der Waals surface area contributed by atoms with Crippen LogP contribution in [0.15, 0.2) is 18.2 Å². The van der Waals surface area contributed by atoms with Gasteiger partial charge in [-0.3, -0.25) is 4.90 Å². The van der Waals surface area contributed by atoms with E-state index >= 15 is 0 Å². The van der Waals surface area contributed by atoms with E-state index < -0.39 is 0 Å². The van der Waals surface area contributed by atoms with Gasteiger partial charge in [0.05, 0.1) is 13.8 Å². The van der Waals surface area contributed by atoms with Crippen molar-refractivity contribution in [1.29, 1.82) is 0 Å². The van der Waals surface area contributed by atoms with E-state index in [1.165, 1.54) is 75.6 Å². The van der Waals surface area contributed by atoms with E-state index in [0.29, 0.717) is 5.92 Å². The summed E-state index contributed by atoms with van der Waals surface area (Å²) < 4.78 is 11.4. The molecule has 2 saturated carbocycles. The number of ether oxygens (including phenoxy) is 2. The van der Waals surface area contributed by atoms with Gasteiger partial charge in [0.1, 0.15) is 5.75 Å². The molecule has 0 aromatic heterocycles. The normalized spacial score (nSPS) is 31.6. The Hall–Kier alpha value is -1.10. The number of rotatable bonds is 5. The maximum atomic E-state index is 5.78. The first-order valence-electron chi connectivity index (χ1n) is 12.5. The molecule has 4 heteroatoms. The van der Waals surface area contributed by atoms with Crippen molar-refractivity contribution in [2.45, 2.75) is 76.3 Å². The van der Waals surface area contributed by atoms with Gasteiger partial charge in [-0.1, -0.05) is 25.0 Å². The lowest BCUT2D eigenvalue weighted by Gasteiger charge is -2.39. The van der Waals surface area contributed by atoms with Gasteiger partial charge in [0.25, 0.3) is 0 Å². The number of methoxy groups -OCH3 is 1. The van der Waals surface area contributed by atoms with Crippen LogP contribution in [0.25, 0.3) is 0 Å². The summed E-state index contributed by atoms with van der Waals surface area (Å²) in [5.41, 5.74) is 2.84. The van der Waals surface area contributed by atoms with Gasteiger partial charge in [-0.15, -0.1) is 0 Å². The monoisotopic (exact) mass is 412 g/mol. The zero-order chi connectivity index (χ0) is 20.3. The lowest BCUT2D eigenvalue weighted by atomic mass is 9.86. The maximum absolute atomic E-state index is 5.78. The summed E-state index contributed by atoms with van der Waals surface area (Å²) in [5.74, 6) is 3.79. The molecule has 1 aromatic rings. The minimum absolute atomic E-state index is 0.635. The van der Waals surface area contributed by atoms with Crippen molar-refractivity contribution in [2.24, 2.45) is 11.8 Å². The zero-order valence-corrected chi connectivity index (χ0v) is 18.9. The Morgan fingerprint density at radius 3 is 2.60 bits per heavy atom. The molecular formula is C26H40N2O2. The summed E-state index contributed by atoms with van der Waals surface area (Å²) in [7, 11) is 1.83. The second-order valence-corrected chi connectivity index (χ2v) is 10.3. The van der Waals surface area contributed by atoms with Crippen LogP contribution < -0.4 is 4.74 Å². The molecule has 2 aliphatic heterocycles. The van der Waals surface area contributed by atoms with Crippen LogP contribution >= 0.6 is 0 Å². The second kappa shape index (κ2) is 9.58. The van der Waals surface area contributed by atoms with Gasteiger partial charge in [0.15, 0.2) is 0 Å². The van der Waals surface area contributed by atoms with E-state index in [0.717, 1.165) is 56.5 Å². The molecule has 4 aliphatic rings. The summed E-state index contributed by atoms with van der Waals surface area (Å²) in [5, 5.41) is 0. The smallest absolute Gasteiger partial charge is 0.122 e. The Labute approximate surface area is 182 Å². The van der Waals surface area contributed by atoms with Gasteiger partial charge in [-0.2, -0.15) is 0 Å². The Morgan fingerprint density at radius 1 is 0.967 bits per heavy atom. The largest absolute Gasteiger partial charge is 0.496 e. The molecule has 5 rings (SSSR count). The van der Waals surface area contributed by atoms with Crippen LogP contribution in [-0.2, 0) is 11.3 Å². The molecule has 2 bridgehead atoms. The molecule has 2 aliphatic carbocycles. The molecule has 30 heavy (non-hydrogen) atoms. The lowest BCUT2D eigenvalue weighted by molar-refractivity contribution is -0.0177. The summed E-state index contributed by atoms with van der Waals surface area (Å²) >= 11 is 0. The quantitative estimate of drug-likeness (QED) is 0.678. The topological polar surface area (TPSA) is 24.9 Å². The van der Waals surface area contributed by atoms with Crippen LogP contribution in [0.2, 0.25) is 0 Å². The number of hydrogen-bond donors (Lipinski definition) is 0. The number of fused-ring (bicyclic) bond motifs is 2. The lowest BCUT2D eigenvalue weighted by Crippen LogP contribution is -2.41. The van der Waals surface area contributed by atoms with Gasteiger partial charge < -0.3 is 14.4 Å². The number of hydrogen-bond acceptors (Lipinski definition) is 4. The minimum atomic E-state index is 0.635. The van der Waals surface area contributed by atoms with Crippen molar-refractivity contribution in [3.63, 3.8) is 0 Å². The van der Waals surface area contributed by atoms with Crippen molar-refractivity contribution in [2.75, 3.05) is 40.1 Å². The van der Waals surface area contributed by atoms with E-state index in [4.69, 9.17) is 9.47 Å². The van der Waals surface area contributed by atoms with Crippen molar-refractivity contribution < 1.29 is 9.47 Å². The first-order valence-corrected chi connectivity index (χ1v) is 12.5. The van der Waals surface area contributed by atoms with E-state index in [-0.39, 0.29) is 0 Å². The van der Waals surface area contributed by atoms with E-state index in [9.17, 15) is 0 Å². The Morgan fingerprint density at radius 2 is 1.80 bits per heavy atom. The van der Waals surface area contributed by atoms with Crippen LogP contribution in [0.4, 0.5) is 0 Å².